The van der Waals surface area contributed by atoms with Gasteiger partial charge in [0.2, 0.25) is 5.69 Å². The highest BCUT2D eigenvalue weighted by atomic mass is 32.1. The molecule has 1 heterocycles. The van der Waals surface area contributed by atoms with Gasteiger partial charge in [0.05, 0.1) is 18.8 Å². The number of rotatable bonds is 1. The van der Waals surface area contributed by atoms with Gasteiger partial charge in [0.1, 0.15) is 6.07 Å². The summed E-state index contributed by atoms with van der Waals surface area (Å²) in [4.78, 5) is 0. The van der Waals surface area contributed by atoms with Gasteiger partial charge in [-0.05, 0) is 0 Å². The Labute approximate surface area is 56.0 Å². The Balaban J connectivity index is 3.02. The minimum absolute atomic E-state index is 0.252. The zero-order chi connectivity index (χ0) is 6.69. The molecule has 0 N–H and O–H groups in total. The number of nitrogens with zero attached hydrogens (tertiary/aromatic N) is 3. The van der Waals surface area contributed by atoms with Crippen LogP contribution in [0.4, 0.5) is 0 Å². The van der Waals surface area contributed by atoms with Crippen LogP contribution in [-0.4, -0.2) is 15.9 Å². The second kappa shape index (κ2) is 2.42. The van der Waals surface area contributed by atoms with Crippen molar-refractivity contribution in [1.29, 1.82) is 5.26 Å². The molecule has 0 aromatic carbocycles. The van der Waals surface area contributed by atoms with Gasteiger partial charge in [0.25, 0.3) is 5.88 Å². The molecule has 5 heteroatoms. The fraction of sp³-hybridized carbons (Fsp3) is 0.250. The van der Waals surface area contributed by atoms with Crippen molar-refractivity contribution in [2.45, 2.75) is 0 Å². The number of methoxy groups -OCH3 is 1. The van der Waals surface area contributed by atoms with Gasteiger partial charge in [0, 0.05) is 0 Å². The van der Waals surface area contributed by atoms with Gasteiger partial charge < -0.3 is 4.74 Å². The Kier molecular flexibility index (Phi) is 1.60. The maximum absolute atomic E-state index is 8.31. The van der Waals surface area contributed by atoms with E-state index in [1.807, 2.05) is 6.07 Å². The highest BCUT2D eigenvalue weighted by Crippen LogP contribution is 2.11. The molecule has 46 valence electrons. The van der Waals surface area contributed by atoms with Gasteiger partial charge in [0.15, 0.2) is 0 Å². The third-order valence-electron chi connectivity index (χ3n) is 0.758. The quantitative estimate of drug-likeness (QED) is 0.568. The molecule has 0 saturated carbocycles. The topological polar surface area (TPSA) is 58.8 Å². The highest BCUT2D eigenvalue weighted by molar-refractivity contribution is 6.99. The molecule has 0 bridgehead atoms. The average molecular weight is 141 g/mol. The van der Waals surface area contributed by atoms with Crippen LogP contribution in [0, 0.1) is 11.3 Å². The third-order valence-corrected chi connectivity index (χ3v) is 1.27. The lowest BCUT2D eigenvalue weighted by Crippen LogP contribution is -1.84. The lowest BCUT2D eigenvalue weighted by molar-refractivity contribution is 0.400. The minimum Gasteiger partial charge on any atom is -0.478 e. The third kappa shape index (κ3) is 0.976. The van der Waals surface area contributed by atoms with Crippen molar-refractivity contribution in [2.24, 2.45) is 0 Å². The van der Waals surface area contributed by atoms with Crippen molar-refractivity contribution in [3.63, 3.8) is 0 Å². The van der Waals surface area contributed by atoms with E-state index in [1.54, 1.807) is 0 Å². The van der Waals surface area contributed by atoms with Gasteiger partial charge in [-0.1, -0.05) is 0 Å². The zero-order valence-electron chi connectivity index (χ0n) is 4.66. The van der Waals surface area contributed by atoms with Crippen LogP contribution >= 0.6 is 11.7 Å². The molecule has 0 fully saturated rings. The normalized spacial score (nSPS) is 8.44. The largest absolute Gasteiger partial charge is 0.478 e. The number of nitriles is 1. The molecular weight excluding hydrogens is 138 g/mol. The molecule has 0 aliphatic heterocycles. The predicted molar refractivity (Wildman–Crippen MR) is 31.2 cm³/mol. The van der Waals surface area contributed by atoms with Crippen LogP contribution < -0.4 is 4.74 Å². The molecule has 0 radical (unpaired) electrons. The van der Waals surface area contributed by atoms with Crippen molar-refractivity contribution in [2.75, 3.05) is 7.11 Å². The molecule has 9 heavy (non-hydrogen) atoms. The summed E-state index contributed by atoms with van der Waals surface area (Å²) in [5.74, 6) is 0.308. The predicted octanol–water partition coefficient (Wildman–Crippen LogP) is 0.418. The summed E-state index contributed by atoms with van der Waals surface area (Å²) in [5, 5.41) is 8.31. The molecule has 0 atom stereocenters. The van der Waals surface area contributed by atoms with Crippen molar-refractivity contribution < 1.29 is 4.74 Å². The smallest absolute Gasteiger partial charge is 0.264 e. The van der Waals surface area contributed by atoms with E-state index in [0.717, 1.165) is 11.7 Å². The van der Waals surface area contributed by atoms with Crippen molar-refractivity contribution >= 4 is 11.7 Å². The van der Waals surface area contributed by atoms with Crippen LogP contribution in [0.2, 0.25) is 0 Å². The number of aromatic nitrogens is 2. The monoisotopic (exact) mass is 141 g/mol. The molecular formula is C4H3N3OS. The first kappa shape index (κ1) is 5.98. The Hall–Kier alpha value is -1.15. The van der Waals surface area contributed by atoms with E-state index in [9.17, 15) is 0 Å². The van der Waals surface area contributed by atoms with Gasteiger partial charge in [-0.15, -0.1) is 4.37 Å². The molecule has 0 unspecified atom stereocenters. The summed E-state index contributed by atoms with van der Waals surface area (Å²) in [6, 6.07) is 1.84. The Morgan fingerprint density at radius 3 is 2.89 bits per heavy atom. The standard InChI is InChI=1S/C4H3N3OS/c1-8-4-3(2-5)6-9-7-4/h1H3. The van der Waals surface area contributed by atoms with Crippen LogP contribution in [0.25, 0.3) is 0 Å². The SMILES string of the molecule is COc1nsnc1C#N. The number of ether oxygens (including phenoxy) is 1. The molecule has 0 amide bonds. The summed E-state index contributed by atoms with van der Waals surface area (Å²) < 4.78 is 12.0. The molecule has 0 aliphatic rings. The van der Waals surface area contributed by atoms with Crippen LogP contribution in [0.1, 0.15) is 5.69 Å². The summed E-state index contributed by atoms with van der Waals surface area (Å²) in [6.07, 6.45) is 0. The Morgan fingerprint density at radius 1 is 1.67 bits per heavy atom. The van der Waals surface area contributed by atoms with Crippen LogP contribution in [-0.2, 0) is 0 Å². The molecule has 0 spiro atoms. The summed E-state index contributed by atoms with van der Waals surface area (Å²) in [5.41, 5.74) is 0.252. The number of hydrogen-bond acceptors (Lipinski definition) is 5. The summed E-state index contributed by atoms with van der Waals surface area (Å²) in [7, 11) is 1.46. The Morgan fingerprint density at radius 2 is 2.44 bits per heavy atom. The zero-order valence-corrected chi connectivity index (χ0v) is 5.47. The second-order valence-corrected chi connectivity index (χ2v) is 1.76. The fourth-order valence-electron chi connectivity index (χ4n) is 0.383. The van der Waals surface area contributed by atoms with E-state index in [-0.39, 0.29) is 5.69 Å². The van der Waals surface area contributed by atoms with Crippen molar-refractivity contribution in [3.8, 4) is 11.9 Å². The first-order chi connectivity index (χ1) is 4.38. The summed E-state index contributed by atoms with van der Waals surface area (Å²) >= 11 is 0.968. The van der Waals surface area contributed by atoms with Gasteiger partial charge in [-0.3, -0.25) is 0 Å². The van der Waals surface area contributed by atoms with Crippen LogP contribution in [0.3, 0.4) is 0 Å². The van der Waals surface area contributed by atoms with E-state index in [4.69, 9.17) is 10.00 Å². The first-order valence-corrected chi connectivity index (χ1v) is 2.88. The van der Waals surface area contributed by atoms with Crippen LogP contribution in [0.15, 0.2) is 0 Å². The first-order valence-electron chi connectivity index (χ1n) is 2.15. The van der Waals surface area contributed by atoms with E-state index in [0.29, 0.717) is 5.88 Å². The average Bonchev–Trinajstić information content (AvgIpc) is 2.33. The van der Waals surface area contributed by atoms with Gasteiger partial charge in [-0.25, -0.2) is 0 Å². The molecule has 4 nitrogen and oxygen atoms in total. The lowest BCUT2D eigenvalue weighted by atomic mass is 10.5. The molecule has 0 aliphatic carbocycles. The highest BCUT2D eigenvalue weighted by Gasteiger charge is 2.04. The molecule has 1 rings (SSSR count). The van der Waals surface area contributed by atoms with E-state index in [1.165, 1.54) is 7.11 Å². The molecule has 0 saturated heterocycles. The van der Waals surface area contributed by atoms with Crippen LogP contribution in [0.5, 0.6) is 5.88 Å². The molecule has 1 aromatic heterocycles. The summed E-state index contributed by atoms with van der Waals surface area (Å²) in [6.45, 7) is 0. The Bertz CT molecular complexity index is 238. The fourth-order valence-corrected chi connectivity index (χ4v) is 0.859. The minimum atomic E-state index is 0.252. The maximum atomic E-state index is 8.31. The van der Waals surface area contributed by atoms with Crippen molar-refractivity contribution in [3.05, 3.63) is 5.69 Å². The van der Waals surface area contributed by atoms with E-state index < -0.39 is 0 Å². The van der Waals surface area contributed by atoms with Crippen molar-refractivity contribution in [1.82, 2.24) is 8.75 Å². The lowest BCUT2D eigenvalue weighted by Gasteiger charge is -1.86. The van der Waals surface area contributed by atoms with Gasteiger partial charge in [-0.2, -0.15) is 9.64 Å². The molecule has 1 aromatic rings. The van der Waals surface area contributed by atoms with Gasteiger partial charge >= 0.3 is 0 Å². The second-order valence-electron chi connectivity index (χ2n) is 1.23. The van der Waals surface area contributed by atoms with E-state index >= 15 is 0 Å². The number of hydrogen-bond donors (Lipinski definition) is 0. The maximum Gasteiger partial charge on any atom is 0.264 e. The van der Waals surface area contributed by atoms with E-state index in [2.05, 4.69) is 8.75 Å².